The standard InChI is InChI=1S/C18H33O6P.C18H27O5PS.C6H12O/c1-4-16-13(2)14(3)17(24-25(19)20-11-8-12-21-25)18(23-16)22-15-9-6-5-7-10-15;1-4-16-13(2)14(3)17(23-24(19)20-11-8-12-21-24)18(22-16)25-15-9-6-5-7-10-15;7-6-4-2-1-3-5-6/h13-18H,4-12H2,1-3H3;5-7,9-10,13-14,16-18H,4,8,11-12H2,1-3H3;6-7H,1-5H2. The van der Waals surface area contributed by atoms with E-state index in [9.17, 15) is 9.13 Å². The monoisotopic (exact) mass is 862 g/mol. The van der Waals surface area contributed by atoms with Crippen LogP contribution in [-0.4, -0.2) is 79.9 Å². The molecule has 0 amide bonds. The summed E-state index contributed by atoms with van der Waals surface area (Å²) in [6, 6.07) is 10.1. The number of ether oxygens (including phenoxy) is 3. The molecule has 0 aromatic heterocycles. The molecule has 4 aliphatic heterocycles. The van der Waals surface area contributed by atoms with Crippen molar-refractivity contribution in [3.8, 4) is 0 Å². The number of phosphoric ester groups is 2. The Bertz CT molecular complexity index is 1360. The fourth-order valence-electron chi connectivity index (χ4n) is 8.37. The number of aliphatic hydroxyl groups is 1. The number of hydrogen-bond acceptors (Lipinski definition) is 13. The van der Waals surface area contributed by atoms with E-state index in [1.54, 1.807) is 11.8 Å². The molecule has 0 bridgehead atoms. The summed E-state index contributed by atoms with van der Waals surface area (Å²) >= 11 is 1.61. The summed E-state index contributed by atoms with van der Waals surface area (Å²) in [6.07, 6.45) is 14.2. The number of benzene rings is 1. The Morgan fingerprint density at radius 3 is 1.60 bits per heavy atom. The van der Waals surface area contributed by atoms with E-state index in [0.717, 1.165) is 56.3 Å². The van der Waals surface area contributed by atoms with Crippen LogP contribution >= 0.6 is 27.4 Å². The van der Waals surface area contributed by atoms with Gasteiger partial charge in [0.1, 0.15) is 17.6 Å². The predicted molar refractivity (Wildman–Crippen MR) is 222 cm³/mol. The van der Waals surface area contributed by atoms with E-state index in [4.69, 9.17) is 46.5 Å². The zero-order valence-electron chi connectivity index (χ0n) is 35.3. The highest BCUT2D eigenvalue weighted by Crippen LogP contribution is 2.57. The zero-order chi connectivity index (χ0) is 40.8. The van der Waals surface area contributed by atoms with Gasteiger partial charge in [-0.05, 0) is 87.2 Å². The van der Waals surface area contributed by atoms with Crippen LogP contribution in [0.25, 0.3) is 0 Å². The van der Waals surface area contributed by atoms with Gasteiger partial charge in [0.15, 0.2) is 6.29 Å². The van der Waals surface area contributed by atoms with Gasteiger partial charge in [0.05, 0.1) is 50.8 Å². The molecule has 2 aliphatic carbocycles. The number of thioether (sulfide) groups is 1. The summed E-state index contributed by atoms with van der Waals surface area (Å²) < 4.78 is 77.6. The van der Waals surface area contributed by atoms with Gasteiger partial charge in [-0.25, -0.2) is 9.13 Å². The Morgan fingerprint density at radius 1 is 0.632 bits per heavy atom. The number of rotatable bonds is 10. The normalized spacial score (nSPS) is 36.2. The maximum atomic E-state index is 12.8. The van der Waals surface area contributed by atoms with Gasteiger partial charge in [-0.3, -0.25) is 27.1 Å². The molecule has 1 aromatic rings. The quantitative estimate of drug-likeness (QED) is 0.224. The van der Waals surface area contributed by atoms with E-state index < -0.39 is 28.0 Å². The molecule has 7 rings (SSSR count). The predicted octanol–water partition coefficient (Wildman–Crippen LogP) is 11.1. The van der Waals surface area contributed by atoms with Gasteiger partial charge >= 0.3 is 15.6 Å². The first-order chi connectivity index (χ1) is 27.4. The molecule has 12 nitrogen and oxygen atoms in total. The molecule has 15 heteroatoms. The molecule has 57 heavy (non-hydrogen) atoms. The fraction of sp³-hybridized carbons (Fsp3) is 0.857. The molecule has 1 N–H and O–H groups in total. The summed E-state index contributed by atoms with van der Waals surface area (Å²) in [4.78, 5) is 1.10. The van der Waals surface area contributed by atoms with Crippen LogP contribution in [0.15, 0.2) is 35.2 Å². The van der Waals surface area contributed by atoms with Crippen molar-refractivity contribution in [1.82, 2.24) is 0 Å². The topological polar surface area (TPSA) is 137 Å². The van der Waals surface area contributed by atoms with Gasteiger partial charge in [0, 0.05) is 4.90 Å². The average molecular weight is 863 g/mol. The summed E-state index contributed by atoms with van der Waals surface area (Å²) in [7, 11) is -7.03. The van der Waals surface area contributed by atoms with Crippen molar-refractivity contribution < 1.29 is 55.6 Å². The van der Waals surface area contributed by atoms with Crippen molar-refractivity contribution in [2.45, 2.75) is 185 Å². The van der Waals surface area contributed by atoms with E-state index in [1.165, 1.54) is 38.5 Å². The maximum Gasteiger partial charge on any atom is 0.475 e. The average Bonchev–Trinajstić information content (AvgIpc) is 3.22. The van der Waals surface area contributed by atoms with Crippen LogP contribution in [0.2, 0.25) is 0 Å². The van der Waals surface area contributed by atoms with Crippen LogP contribution in [0.3, 0.4) is 0 Å². The lowest BCUT2D eigenvalue weighted by Crippen LogP contribution is -2.52. The van der Waals surface area contributed by atoms with Crippen LogP contribution in [0.4, 0.5) is 0 Å². The van der Waals surface area contributed by atoms with Gasteiger partial charge in [0.25, 0.3) is 0 Å². The van der Waals surface area contributed by atoms with Gasteiger partial charge in [-0.1, -0.05) is 110 Å². The Morgan fingerprint density at radius 2 is 1.11 bits per heavy atom. The molecule has 10 atom stereocenters. The van der Waals surface area contributed by atoms with Crippen LogP contribution < -0.4 is 0 Å². The van der Waals surface area contributed by atoms with Gasteiger partial charge < -0.3 is 19.3 Å². The lowest BCUT2D eigenvalue weighted by Gasteiger charge is -2.45. The second-order valence-electron chi connectivity index (χ2n) is 16.5. The molecule has 0 spiro atoms. The first-order valence-corrected chi connectivity index (χ1v) is 25.8. The van der Waals surface area contributed by atoms with E-state index in [-0.39, 0.29) is 53.7 Å². The summed E-state index contributed by atoms with van der Waals surface area (Å²) in [5.74, 6) is 0.920. The van der Waals surface area contributed by atoms with Crippen LogP contribution in [0.1, 0.15) is 131 Å². The second-order valence-corrected chi connectivity index (χ2v) is 20.9. The zero-order valence-corrected chi connectivity index (χ0v) is 37.9. The molecule has 328 valence electrons. The largest absolute Gasteiger partial charge is 0.475 e. The first kappa shape index (κ1) is 47.7. The lowest BCUT2D eigenvalue weighted by atomic mass is 9.82. The summed E-state index contributed by atoms with van der Waals surface area (Å²) in [6.45, 7) is 14.5. The number of hydrogen-bond donors (Lipinski definition) is 1. The highest BCUT2D eigenvalue weighted by molar-refractivity contribution is 7.99. The minimum Gasteiger partial charge on any atom is -0.393 e. The summed E-state index contributed by atoms with van der Waals surface area (Å²) in [5.41, 5.74) is -0.251. The van der Waals surface area contributed by atoms with Crippen LogP contribution in [-0.2, 0) is 50.5 Å². The number of aliphatic hydroxyl groups excluding tert-OH is 1. The third kappa shape index (κ3) is 14.3. The van der Waals surface area contributed by atoms with Gasteiger partial charge in [-0.15, -0.1) is 0 Å². The highest BCUT2D eigenvalue weighted by Gasteiger charge is 2.49. The van der Waals surface area contributed by atoms with Crippen molar-refractivity contribution in [2.75, 3.05) is 26.4 Å². The Balaban J connectivity index is 0.000000186. The van der Waals surface area contributed by atoms with Crippen molar-refractivity contribution in [2.24, 2.45) is 23.7 Å². The van der Waals surface area contributed by atoms with Gasteiger partial charge in [0.2, 0.25) is 0 Å². The molecule has 2 saturated carbocycles. The van der Waals surface area contributed by atoms with E-state index in [0.29, 0.717) is 32.3 Å². The SMILES string of the molecule is CCC1OC(OC2CCCCC2)C(OP2(=O)OCCCO2)C(C)C1C.CCC1OC(Sc2ccccc2)C(OP2(=O)OCCCO2)C(C)C1C.OC1CCCCC1. The van der Waals surface area contributed by atoms with Crippen molar-refractivity contribution >= 4 is 27.4 Å². The van der Waals surface area contributed by atoms with E-state index >= 15 is 0 Å². The molecule has 0 radical (unpaired) electrons. The molecule has 1 aromatic carbocycles. The van der Waals surface area contributed by atoms with Crippen LogP contribution in [0.5, 0.6) is 0 Å². The van der Waals surface area contributed by atoms with Crippen LogP contribution in [0, 0.1) is 23.7 Å². The second kappa shape index (κ2) is 23.7. The molecule has 6 fully saturated rings. The number of phosphoric acid groups is 2. The fourth-order valence-corrected chi connectivity index (χ4v) is 12.7. The van der Waals surface area contributed by atoms with Crippen molar-refractivity contribution in [3.05, 3.63) is 30.3 Å². The summed E-state index contributed by atoms with van der Waals surface area (Å²) in [5, 5.41) is 8.91. The lowest BCUT2D eigenvalue weighted by molar-refractivity contribution is -0.283. The first-order valence-electron chi connectivity index (χ1n) is 21.9. The molecule has 10 unspecified atom stereocenters. The highest BCUT2D eigenvalue weighted by atomic mass is 32.2. The van der Waals surface area contributed by atoms with Crippen molar-refractivity contribution in [3.63, 3.8) is 0 Å². The molecule has 4 heterocycles. The minimum atomic E-state index is -3.52. The molecular formula is C42H72O12P2S. The minimum absolute atomic E-state index is 0.0359. The molecular weight excluding hydrogens is 790 g/mol. The van der Waals surface area contributed by atoms with Gasteiger partial charge in [-0.2, -0.15) is 0 Å². The third-order valence-electron chi connectivity index (χ3n) is 12.4. The Labute approximate surface area is 347 Å². The van der Waals surface area contributed by atoms with Crippen molar-refractivity contribution in [1.29, 1.82) is 0 Å². The van der Waals surface area contributed by atoms with E-state index in [1.807, 2.05) is 30.3 Å². The molecule has 6 aliphatic rings. The molecule has 4 saturated heterocycles. The third-order valence-corrected chi connectivity index (χ3v) is 16.5. The van der Waals surface area contributed by atoms with E-state index in [2.05, 4.69) is 41.5 Å². The Kier molecular flexibility index (Phi) is 19.9. The maximum absolute atomic E-state index is 12.8. The Hall–Kier alpha value is -0.370. The smallest absolute Gasteiger partial charge is 0.393 e.